The highest BCUT2D eigenvalue weighted by Gasteiger charge is 2.21. The second kappa shape index (κ2) is 7.40. The first-order chi connectivity index (χ1) is 11.7. The topological polar surface area (TPSA) is 61.4 Å². The number of likely N-dealkylation sites (N-methyl/N-ethyl adjacent to an activating group) is 1. The van der Waals surface area contributed by atoms with Crippen molar-refractivity contribution in [3.63, 3.8) is 0 Å². The lowest BCUT2D eigenvalue weighted by molar-refractivity contribution is 0.0642. The third kappa shape index (κ3) is 3.89. The number of nitrogens with zero attached hydrogens (tertiary/aromatic N) is 4. The van der Waals surface area contributed by atoms with E-state index < -0.39 is 0 Å². The molecule has 0 saturated carbocycles. The minimum atomic E-state index is 0.00707. The molecule has 0 unspecified atom stereocenters. The van der Waals surface area contributed by atoms with Gasteiger partial charge in [0, 0.05) is 44.3 Å². The number of amides is 1. The molecule has 0 aliphatic carbocycles. The molecule has 24 heavy (non-hydrogen) atoms. The number of nitrogens with one attached hydrogen (secondary N) is 1. The average Bonchev–Trinajstić information content (AvgIpc) is 2.64. The molecule has 0 atom stereocenters. The first-order valence-corrected chi connectivity index (χ1v) is 8.33. The summed E-state index contributed by atoms with van der Waals surface area (Å²) < 4.78 is 0. The molecule has 1 fully saturated rings. The average molecular weight is 325 g/mol. The Morgan fingerprint density at radius 2 is 1.71 bits per heavy atom. The molecule has 3 rings (SSSR count). The molecule has 2 heterocycles. The van der Waals surface area contributed by atoms with E-state index in [2.05, 4.69) is 27.1 Å². The quantitative estimate of drug-likeness (QED) is 0.935. The van der Waals surface area contributed by atoms with Gasteiger partial charge in [0.1, 0.15) is 0 Å². The minimum Gasteiger partial charge on any atom is -0.336 e. The van der Waals surface area contributed by atoms with Gasteiger partial charge in [0.2, 0.25) is 5.95 Å². The molecule has 1 aliphatic rings. The smallest absolute Gasteiger partial charge is 0.257 e. The zero-order chi connectivity index (χ0) is 16.9. The van der Waals surface area contributed by atoms with E-state index in [-0.39, 0.29) is 5.91 Å². The lowest BCUT2D eigenvalue weighted by atomic mass is 10.2. The molecule has 1 aromatic carbocycles. The summed E-state index contributed by atoms with van der Waals surface area (Å²) in [7, 11) is 0. The van der Waals surface area contributed by atoms with Crippen molar-refractivity contribution in [1.82, 2.24) is 19.8 Å². The van der Waals surface area contributed by atoms with Crippen molar-refractivity contribution >= 4 is 17.5 Å². The van der Waals surface area contributed by atoms with Crippen molar-refractivity contribution < 1.29 is 4.79 Å². The zero-order valence-corrected chi connectivity index (χ0v) is 14.2. The van der Waals surface area contributed by atoms with Crippen molar-refractivity contribution in [3.8, 4) is 0 Å². The molecule has 0 spiro atoms. The van der Waals surface area contributed by atoms with Crippen LogP contribution in [0.3, 0.4) is 0 Å². The molecule has 6 nitrogen and oxygen atoms in total. The number of aromatic nitrogens is 2. The first kappa shape index (κ1) is 16.4. The number of rotatable bonds is 4. The molecule has 2 aromatic rings. The van der Waals surface area contributed by atoms with Gasteiger partial charge in [-0.25, -0.2) is 9.97 Å². The number of carbonyl (C=O) groups excluding carboxylic acids is 1. The van der Waals surface area contributed by atoms with Crippen LogP contribution in [-0.2, 0) is 0 Å². The van der Waals surface area contributed by atoms with Gasteiger partial charge in [0.15, 0.2) is 0 Å². The van der Waals surface area contributed by atoms with E-state index in [1.807, 2.05) is 36.1 Å². The van der Waals surface area contributed by atoms with Crippen LogP contribution >= 0.6 is 0 Å². The molecular formula is C18H23N5O. The zero-order valence-electron chi connectivity index (χ0n) is 14.2. The van der Waals surface area contributed by atoms with Gasteiger partial charge in [-0.2, -0.15) is 0 Å². The van der Waals surface area contributed by atoms with E-state index in [0.29, 0.717) is 11.5 Å². The van der Waals surface area contributed by atoms with Crippen LogP contribution in [0.15, 0.2) is 36.7 Å². The molecule has 1 aliphatic heterocycles. The Hall–Kier alpha value is -2.47. The van der Waals surface area contributed by atoms with Crippen molar-refractivity contribution in [2.75, 3.05) is 38.0 Å². The Morgan fingerprint density at radius 3 is 2.29 bits per heavy atom. The summed E-state index contributed by atoms with van der Waals surface area (Å²) >= 11 is 0. The number of hydrogen-bond donors (Lipinski definition) is 1. The number of hydrogen-bond acceptors (Lipinski definition) is 5. The molecule has 126 valence electrons. The van der Waals surface area contributed by atoms with E-state index in [9.17, 15) is 4.79 Å². The summed E-state index contributed by atoms with van der Waals surface area (Å²) in [6.07, 6.45) is 3.19. The SMILES string of the molecule is CCN1CCN(C(=O)c2cnc(Nc3ccc(C)cc3)nc2)CC1. The van der Waals surface area contributed by atoms with Crippen molar-refractivity contribution in [2.45, 2.75) is 13.8 Å². The number of carbonyl (C=O) groups is 1. The van der Waals surface area contributed by atoms with E-state index >= 15 is 0 Å². The Bertz CT molecular complexity index is 676. The maximum atomic E-state index is 12.5. The normalized spacial score (nSPS) is 15.3. The van der Waals surface area contributed by atoms with Gasteiger partial charge < -0.3 is 15.1 Å². The predicted molar refractivity (Wildman–Crippen MR) is 94.5 cm³/mol. The highest BCUT2D eigenvalue weighted by molar-refractivity contribution is 5.93. The van der Waals surface area contributed by atoms with Crippen LogP contribution < -0.4 is 5.32 Å². The minimum absolute atomic E-state index is 0.00707. The second-order valence-corrected chi connectivity index (χ2v) is 6.01. The van der Waals surface area contributed by atoms with Crippen molar-refractivity contribution in [2.24, 2.45) is 0 Å². The lowest BCUT2D eigenvalue weighted by Gasteiger charge is -2.33. The van der Waals surface area contributed by atoms with E-state index in [4.69, 9.17) is 0 Å². The molecule has 1 amide bonds. The Kier molecular flexibility index (Phi) is 5.05. The van der Waals surface area contributed by atoms with Crippen LogP contribution in [-0.4, -0.2) is 58.4 Å². The molecule has 1 saturated heterocycles. The molecule has 0 radical (unpaired) electrons. The number of aryl methyl sites for hydroxylation is 1. The highest BCUT2D eigenvalue weighted by Crippen LogP contribution is 2.14. The lowest BCUT2D eigenvalue weighted by Crippen LogP contribution is -2.48. The van der Waals surface area contributed by atoms with Gasteiger partial charge in [-0.3, -0.25) is 4.79 Å². The molecular weight excluding hydrogens is 302 g/mol. The first-order valence-electron chi connectivity index (χ1n) is 8.33. The van der Waals surface area contributed by atoms with Crippen LogP contribution in [0.4, 0.5) is 11.6 Å². The van der Waals surface area contributed by atoms with Gasteiger partial charge in [-0.15, -0.1) is 0 Å². The van der Waals surface area contributed by atoms with Crippen LogP contribution in [0.1, 0.15) is 22.8 Å². The molecule has 6 heteroatoms. The standard InChI is InChI=1S/C18H23N5O/c1-3-22-8-10-23(11-9-22)17(24)15-12-19-18(20-13-15)21-16-6-4-14(2)5-7-16/h4-7,12-13H,3,8-11H2,1-2H3,(H,19,20,21). The second-order valence-electron chi connectivity index (χ2n) is 6.01. The van der Waals surface area contributed by atoms with Crippen LogP contribution in [0.25, 0.3) is 0 Å². The summed E-state index contributed by atoms with van der Waals surface area (Å²) in [4.78, 5) is 25.3. The third-order valence-electron chi connectivity index (χ3n) is 4.31. The van der Waals surface area contributed by atoms with E-state index in [0.717, 1.165) is 38.4 Å². The Balaban J connectivity index is 1.61. The summed E-state index contributed by atoms with van der Waals surface area (Å²) in [5, 5.41) is 3.14. The fraction of sp³-hybridized carbons (Fsp3) is 0.389. The fourth-order valence-corrected chi connectivity index (χ4v) is 2.72. The number of benzene rings is 1. The number of piperazine rings is 1. The van der Waals surface area contributed by atoms with Crippen LogP contribution in [0.5, 0.6) is 0 Å². The van der Waals surface area contributed by atoms with E-state index in [1.54, 1.807) is 12.4 Å². The van der Waals surface area contributed by atoms with E-state index in [1.165, 1.54) is 5.56 Å². The summed E-state index contributed by atoms with van der Waals surface area (Å²) in [5.74, 6) is 0.499. The molecule has 1 N–H and O–H groups in total. The van der Waals surface area contributed by atoms with Gasteiger partial charge in [-0.05, 0) is 25.6 Å². The summed E-state index contributed by atoms with van der Waals surface area (Å²) in [6, 6.07) is 8.00. The Labute approximate surface area is 142 Å². The van der Waals surface area contributed by atoms with Gasteiger partial charge in [0.25, 0.3) is 5.91 Å². The Morgan fingerprint density at radius 1 is 1.08 bits per heavy atom. The van der Waals surface area contributed by atoms with Gasteiger partial charge >= 0.3 is 0 Å². The summed E-state index contributed by atoms with van der Waals surface area (Å²) in [5.41, 5.74) is 2.66. The largest absolute Gasteiger partial charge is 0.336 e. The van der Waals surface area contributed by atoms with Crippen LogP contribution in [0, 0.1) is 6.92 Å². The van der Waals surface area contributed by atoms with Gasteiger partial charge in [-0.1, -0.05) is 24.6 Å². The molecule has 1 aromatic heterocycles. The van der Waals surface area contributed by atoms with Crippen molar-refractivity contribution in [3.05, 3.63) is 47.8 Å². The maximum absolute atomic E-state index is 12.5. The predicted octanol–water partition coefficient (Wildman–Crippen LogP) is 2.31. The van der Waals surface area contributed by atoms with Crippen LogP contribution in [0.2, 0.25) is 0 Å². The third-order valence-corrected chi connectivity index (χ3v) is 4.31. The molecule has 0 bridgehead atoms. The van der Waals surface area contributed by atoms with Crippen molar-refractivity contribution in [1.29, 1.82) is 0 Å². The fourth-order valence-electron chi connectivity index (χ4n) is 2.72. The summed E-state index contributed by atoms with van der Waals surface area (Å²) in [6.45, 7) is 8.59. The highest BCUT2D eigenvalue weighted by atomic mass is 16.2. The number of anilines is 2. The maximum Gasteiger partial charge on any atom is 0.257 e. The monoisotopic (exact) mass is 325 g/mol. The van der Waals surface area contributed by atoms with Gasteiger partial charge in [0.05, 0.1) is 5.56 Å².